The van der Waals surface area contributed by atoms with Crippen LogP contribution in [0.3, 0.4) is 0 Å². The van der Waals surface area contributed by atoms with Gasteiger partial charge < -0.3 is 10.1 Å². The fraction of sp³-hybridized carbons (Fsp3) is 0.583. The number of aromatic nitrogens is 1. The van der Waals surface area contributed by atoms with Crippen LogP contribution >= 0.6 is 0 Å². The predicted molar refractivity (Wildman–Crippen MR) is 59.9 cm³/mol. The zero-order chi connectivity index (χ0) is 11.4. The third-order valence-electron chi connectivity index (χ3n) is 2.89. The van der Waals surface area contributed by atoms with Crippen LogP contribution in [-0.2, 0) is 10.4 Å². The molecule has 0 saturated carbocycles. The van der Waals surface area contributed by atoms with Gasteiger partial charge >= 0.3 is 0 Å². The smallest absolute Gasteiger partial charge is 0.136 e. The molecule has 2 heterocycles. The van der Waals surface area contributed by atoms with Crippen molar-refractivity contribution in [1.82, 2.24) is 10.3 Å². The molecule has 1 saturated heterocycles. The summed E-state index contributed by atoms with van der Waals surface area (Å²) < 4.78 is 19.8. The van der Waals surface area contributed by atoms with E-state index in [-0.39, 0.29) is 6.04 Å². The van der Waals surface area contributed by atoms with Crippen molar-refractivity contribution in [3.05, 3.63) is 30.1 Å². The number of nitrogens with zero attached hydrogens (tertiary/aromatic N) is 1. The molecule has 0 amide bonds. The van der Waals surface area contributed by atoms with Gasteiger partial charge in [-0.2, -0.15) is 0 Å². The van der Waals surface area contributed by atoms with Crippen molar-refractivity contribution in [2.45, 2.75) is 25.1 Å². The summed E-state index contributed by atoms with van der Waals surface area (Å²) in [6.07, 6.45) is 3.66. The van der Waals surface area contributed by atoms with E-state index in [0.29, 0.717) is 25.2 Å². The molecule has 2 unspecified atom stereocenters. The third-order valence-corrected chi connectivity index (χ3v) is 2.89. The van der Waals surface area contributed by atoms with Crippen molar-refractivity contribution < 1.29 is 9.13 Å². The minimum absolute atomic E-state index is 0.0870. The zero-order valence-corrected chi connectivity index (χ0v) is 9.45. The molecule has 0 spiro atoms. The maximum absolute atomic E-state index is 14.5. The molecule has 88 valence electrons. The van der Waals surface area contributed by atoms with E-state index in [1.54, 1.807) is 31.5 Å². The van der Waals surface area contributed by atoms with Crippen molar-refractivity contribution in [3.8, 4) is 0 Å². The van der Waals surface area contributed by atoms with Crippen LogP contribution in [0.25, 0.3) is 0 Å². The van der Waals surface area contributed by atoms with Crippen molar-refractivity contribution >= 4 is 0 Å². The van der Waals surface area contributed by atoms with Gasteiger partial charge in [-0.3, -0.25) is 4.98 Å². The topological polar surface area (TPSA) is 34.1 Å². The summed E-state index contributed by atoms with van der Waals surface area (Å²) in [7, 11) is 0. The lowest BCUT2D eigenvalue weighted by Crippen LogP contribution is -2.44. The highest BCUT2D eigenvalue weighted by molar-refractivity contribution is 5.17. The molecule has 0 aliphatic carbocycles. The zero-order valence-electron chi connectivity index (χ0n) is 9.45. The molecular formula is C12H17FN2O. The molecule has 2 atom stereocenters. The van der Waals surface area contributed by atoms with Gasteiger partial charge in [-0.05, 0) is 13.0 Å². The Labute approximate surface area is 95.0 Å². The molecule has 3 nitrogen and oxygen atoms in total. The number of alkyl halides is 1. The Morgan fingerprint density at radius 1 is 1.69 bits per heavy atom. The number of halogens is 1. The van der Waals surface area contributed by atoms with Gasteiger partial charge in [0, 0.05) is 37.0 Å². The van der Waals surface area contributed by atoms with Gasteiger partial charge in [0.2, 0.25) is 0 Å². The molecular weight excluding hydrogens is 207 g/mol. The van der Waals surface area contributed by atoms with E-state index in [1.165, 1.54) is 0 Å². The average Bonchev–Trinajstić information content (AvgIpc) is 2.31. The first-order valence-corrected chi connectivity index (χ1v) is 5.59. The normalized spacial score (nSPS) is 25.0. The largest absolute Gasteiger partial charge is 0.379 e. The molecule has 2 rings (SSSR count). The molecule has 16 heavy (non-hydrogen) atoms. The summed E-state index contributed by atoms with van der Waals surface area (Å²) in [6, 6.07) is 3.62. The molecule has 0 radical (unpaired) electrons. The second-order valence-electron chi connectivity index (χ2n) is 4.37. The highest BCUT2D eigenvalue weighted by Crippen LogP contribution is 2.30. The average molecular weight is 224 g/mol. The summed E-state index contributed by atoms with van der Waals surface area (Å²) in [4.78, 5) is 3.95. The lowest BCUT2D eigenvalue weighted by atomic mass is 9.92. The van der Waals surface area contributed by atoms with Crippen molar-refractivity contribution in [1.29, 1.82) is 0 Å². The first-order chi connectivity index (χ1) is 7.68. The van der Waals surface area contributed by atoms with E-state index in [4.69, 9.17) is 4.74 Å². The molecule has 1 aliphatic rings. The van der Waals surface area contributed by atoms with Gasteiger partial charge in [-0.1, -0.05) is 6.07 Å². The molecule has 0 aromatic carbocycles. The van der Waals surface area contributed by atoms with Crippen LogP contribution < -0.4 is 5.32 Å². The van der Waals surface area contributed by atoms with Gasteiger partial charge in [0.15, 0.2) is 0 Å². The van der Waals surface area contributed by atoms with Crippen molar-refractivity contribution in [2.75, 3.05) is 19.8 Å². The fourth-order valence-electron chi connectivity index (χ4n) is 2.00. The molecule has 1 N–H and O–H groups in total. The van der Waals surface area contributed by atoms with E-state index >= 15 is 0 Å². The van der Waals surface area contributed by atoms with Crippen molar-refractivity contribution in [3.63, 3.8) is 0 Å². The summed E-state index contributed by atoms with van der Waals surface area (Å²) in [5, 5.41) is 3.26. The maximum atomic E-state index is 14.5. The molecule has 1 aromatic rings. The number of hydrogen-bond donors (Lipinski definition) is 1. The molecule has 1 aliphatic heterocycles. The number of rotatable bonds is 3. The number of ether oxygens (including phenoxy) is 1. The number of nitrogens with one attached hydrogen (secondary N) is 1. The van der Waals surface area contributed by atoms with Crippen LogP contribution in [0, 0.1) is 0 Å². The lowest BCUT2D eigenvalue weighted by molar-refractivity contribution is 0.0474. The van der Waals surface area contributed by atoms with Crippen LogP contribution in [0.5, 0.6) is 0 Å². The van der Waals surface area contributed by atoms with E-state index in [2.05, 4.69) is 10.3 Å². The molecule has 1 aromatic heterocycles. The molecule has 1 fully saturated rings. The Kier molecular flexibility index (Phi) is 3.51. The van der Waals surface area contributed by atoms with E-state index in [1.807, 2.05) is 0 Å². The Bertz CT molecular complexity index is 323. The Morgan fingerprint density at radius 2 is 2.56 bits per heavy atom. The first kappa shape index (κ1) is 11.5. The SMILES string of the molecule is CC(F)(CC1COCCN1)c1cccnc1. The van der Waals surface area contributed by atoms with Crippen LogP contribution in [0.2, 0.25) is 0 Å². The minimum Gasteiger partial charge on any atom is -0.379 e. The van der Waals surface area contributed by atoms with Crippen LogP contribution in [0.15, 0.2) is 24.5 Å². The minimum atomic E-state index is -1.35. The summed E-state index contributed by atoms with van der Waals surface area (Å²) in [5.74, 6) is 0. The second kappa shape index (κ2) is 4.89. The highest BCUT2D eigenvalue weighted by atomic mass is 19.1. The lowest BCUT2D eigenvalue weighted by Gasteiger charge is -2.29. The summed E-state index contributed by atoms with van der Waals surface area (Å²) in [5.41, 5.74) is -0.727. The van der Waals surface area contributed by atoms with Gasteiger partial charge in [-0.15, -0.1) is 0 Å². The Hall–Kier alpha value is -1.00. The fourth-order valence-corrected chi connectivity index (χ4v) is 2.00. The Morgan fingerprint density at radius 3 is 3.19 bits per heavy atom. The van der Waals surface area contributed by atoms with E-state index < -0.39 is 5.67 Å². The second-order valence-corrected chi connectivity index (χ2v) is 4.37. The predicted octanol–water partition coefficient (Wildman–Crippen LogP) is 1.64. The summed E-state index contributed by atoms with van der Waals surface area (Å²) >= 11 is 0. The molecule has 0 bridgehead atoms. The van der Waals surface area contributed by atoms with Gasteiger partial charge in [-0.25, -0.2) is 4.39 Å². The standard InChI is InChI=1S/C12H17FN2O/c1-12(13,10-3-2-4-14-8-10)7-11-9-16-6-5-15-11/h2-4,8,11,15H,5-7,9H2,1H3. The Balaban J connectivity index is 2.01. The van der Waals surface area contributed by atoms with E-state index in [0.717, 1.165) is 6.54 Å². The first-order valence-electron chi connectivity index (χ1n) is 5.59. The maximum Gasteiger partial charge on any atom is 0.136 e. The van der Waals surface area contributed by atoms with Crippen molar-refractivity contribution in [2.24, 2.45) is 0 Å². The number of morpholine rings is 1. The van der Waals surface area contributed by atoms with Crippen LogP contribution in [-0.4, -0.2) is 30.8 Å². The number of pyridine rings is 1. The third kappa shape index (κ3) is 2.77. The monoisotopic (exact) mass is 224 g/mol. The van der Waals surface area contributed by atoms with E-state index in [9.17, 15) is 4.39 Å². The van der Waals surface area contributed by atoms with Gasteiger partial charge in [0.1, 0.15) is 5.67 Å². The van der Waals surface area contributed by atoms with Crippen LogP contribution in [0.1, 0.15) is 18.9 Å². The van der Waals surface area contributed by atoms with Crippen LogP contribution in [0.4, 0.5) is 4.39 Å². The quantitative estimate of drug-likeness (QED) is 0.847. The summed E-state index contributed by atoms with van der Waals surface area (Å²) in [6.45, 7) is 3.69. The van der Waals surface area contributed by atoms with Gasteiger partial charge in [0.25, 0.3) is 0 Å². The molecule has 4 heteroatoms. The highest BCUT2D eigenvalue weighted by Gasteiger charge is 2.30. The number of hydrogen-bond acceptors (Lipinski definition) is 3. The van der Waals surface area contributed by atoms with Gasteiger partial charge in [0.05, 0.1) is 13.2 Å².